The second-order valence-corrected chi connectivity index (χ2v) is 9.38. The van der Waals surface area contributed by atoms with Crippen LogP contribution in [0.3, 0.4) is 0 Å². The van der Waals surface area contributed by atoms with Crippen LogP contribution in [0.15, 0.2) is 54.6 Å². The molecule has 0 bridgehead atoms. The molecule has 1 fully saturated rings. The van der Waals surface area contributed by atoms with Crippen molar-refractivity contribution in [3.05, 3.63) is 77.5 Å². The molecular weight excluding hydrogens is 443 g/mol. The lowest BCUT2D eigenvalue weighted by atomic mass is 10.1. The van der Waals surface area contributed by atoms with E-state index < -0.39 is 5.82 Å². The highest BCUT2D eigenvalue weighted by Crippen LogP contribution is 2.30. The maximum absolute atomic E-state index is 13.6. The number of aryl methyl sites for hydroxylation is 1. The number of para-hydroxylation sites is 1. The van der Waals surface area contributed by atoms with E-state index >= 15 is 0 Å². The largest absolute Gasteiger partial charge is 0.352 e. The number of carbonyl (C=O) groups is 1. The Morgan fingerprint density at radius 3 is 2.43 bits per heavy atom. The van der Waals surface area contributed by atoms with Crippen LogP contribution < -0.4 is 4.90 Å². The number of rotatable bonds is 5. The zero-order valence-electron chi connectivity index (χ0n) is 20.3. The van der Waals surface area contributed by atoms with Gasteiger partial charge in [0, 0.05) is 38.2 Å². The van der Waals surface area contributed by atoms with Gasteiger partial charge in [0.15, 0.2) is 5.65 Å². The summed E-state index contributed by atoms with van der Waals surface area (Å²) in [5.74, 6) is 1.52. The molecule has 1 aliphatic rings. The zero-order valence-corrected chi connectivity index (χ0v) is 20.3. The highest BCUT2D eigenvalue weighted by molar-refractivity contribution is 5.95. The Labute approximate surface area is 204 Å². The summed E-state index contributed by atoms with van der Waals surface area (Å²) in [6.45, 7) is 8.63. The van der Waals surface area contributed by atoms with Gasteiger partial charge in [-0.3, -0.25) is 4.79 Å². The van der Waals surface area contributed by atoms with E-state index in [4.69, 9.17) is 15.1 Å². The fourth-order valence-electron chi connectivity index (χ4n) is 4.57. The van der Waals surface area contributed by atoms with Crippen LogP contribution in [0.1, 0.15) is 35.7 Å². The summed E-state index contributed by atoms with van der Waals surface area (Å²) in [7, 11) is 0. The Morgan fingerprint density at radius 2 is 1.74 bits per heavy atom. The summed E-state index contributed by atoms with van der Waals surface area (Å²) >= 11 is 0. The molecule has 1 aliphatic heterocycles. The van der Waals surface area contributed by atoms with Gasteiger partial charge < -0.3 is 9.80 Å². The highest BCUT2D eigenvalue weighted by atomic mass is 19.1. The summed E-state index contributed by atoms with van der Waals surface area (Å²) in [6, 6.07) is 15.9. The van der Waals surface area contributed by atoms with E-state index in [1.807, 2.05) is 41.9 Å². The van der Waals surface area contributed by atoms with Crippen molar-refractivity contribution >= 4 is 22.8 Å². The molecule has 7 nitrogen and oxygen atoms in total. The van der Waals surface area contributed by atoms with Crippen molar-refractivity contribution in [3.63, 3.8) is 0 Å². The van der Waals surface area contributed by atoms with Crippen LogP contribution in [0.4, 0.5) is 10.2 Å². The number of piperazine rings is 1. The smallest absolute Gasteiger partial charge is 0.254 e. The number of halogens is 1. The number of aromatic nitrogens is 4. The number of hydrogen-bond acceptors (Lipinski definition) is 5. The molecule has 5 rings (SSSR count). The van der Waals surface area contributed by atoms with Crippen molar-refractivity contribution in [2.24, 2.45) is 5.92 Å². The monoisotopic (exact) mass is 472 g/mol. The lowest BCUT2D eigenvalue weighted by Crippen LogP contribution is -2.49. The second-order valence-electron chi connectivity index (χ2n) is 9.38. The molecule has 0 atom stereocenters. The molecule has 1 amide bonds. The topological polar surface area (TPSA) is 67.2 Å². The standard InChI is InChI=1S/C27H29FN6O/c1-18(2)16-23-29-25(24-19(3)31-34(26(24)30-23)22-10-5-4-6-11-22)32-12-14-33(15-13-32)27(35)20-8-7-9-21(28)17-20/h4-11,17-18H,12-16H2,1-3H3. The minimum absolute atomic E-state index is 0.148. The molecule has 8 heteroatoms. The second kappa shape index (κ2) is 9.44. The number of nitrogens with zero attached hydrogens (tertiary/aromatic N) is 6. The van der Waals surface area contributed by atoms with Crippen LogP contribution in [0, 0.1) is 18.7 Å². The van der Waals surface area contributed by atoms with Gasteiger partial charge in [-0.2, -0.15) is 5.10 Å². The molecule has 0 radical (unpaired) electrons. The maximum Gasteiger partial charge on any atom is 0.254 e. The number of carbonyl (C=O) groups excluding carboxylic acids is 1. The van der Waals surface area contributed by atoms with Crippen LogP contribution >= 0.6 is 0 Å². The average Bonchev–Trinajstić information content (AvgIpc) is 3.19. The van der Waals surface area contributed by atoms with Crippen molar-refractivity contribution in [1.29, 1.82) is 0 Å². The minimum Gasteiger partial charge on any atom is -0.352 e. The van der Waals surface area contributed by atoms with Gasteiger partial charge in [0.25, 0.3) is 5.91 Å². The van der Waals surface area contributed by atoms with Crippen molar-refractivity contribution in [3.8, 4) is 5.69 Å². The minimum atomic E-state index is -0.401. The lowest BCUT2D eigenvalue weighted by molar-refractivity contribution is 0.0746. The third-order valence-electron chi connectivity index (χ3n) is 6.26. The first-order valence-electron chi connectivity index (χ1n) is 12.0. The molecular formula is C27H29FN6O. The number of fused-ring (bicyclic) bond motifs is 1. The molecule has 2 aromatic carbocycles. The van der Waals surface area contributed by atoms with Gasteiger partial charge in [0.05, 0.1) is 16.8 Å². The number of amides is 1. The van der Waals surface area contributed by atoms with Gasteiger partial charge in [-0.25, -0.2) is 19.0 Å². The van der Waals surface area contributed by atoms with Gasteiger partial charge in [-0.05, 0) is 43.2 Å². The van der Waals surface area contributed by atoms with Gasteiger partial charge in [0.1, 0.15) is 17.5 Å². The summed E-state index contributed by atoms with van der Waals surface area (Å²) < 4.78 is 15.5. The molecule has 0 N–H and O–H groups in total. The third kappa shape index (κ3) is 4.60. The molecule has 2 aromatic heterocycles. The van der Waals surface area contributed by atoms with E-state index in [9.17, 15) is 9.18 Å². The third-order valence-corrected chi connectivity index (χ3v) is 6.26. The molecule has 4 aromatic rings. The predicted molar refractivity (Wildman–Crippen MR) is 134 cm³/mol. The Morgan fingerprint density at radius 1 is 1.00 bits per heavy atom. The summed E-state index contributed by atoms with van der Waals surface area (Å²) in [4.78, 5) is 26.8. The predicted octanol–water partition coefficient (Wildman–Crippen LogP) is 4.42. The summed E-state index contributed by atoms with van der Waals surface area (Å²) in [5.41, 5.74) is 3.00. The zero-order chi connectivity index (χ0) is 24.5. The van der Waals surface area contributed by atoms with E-state index in [0.717, 1.165) is 40.5 Å². The van der Waals surface area contributed by atoms with Crippen LogP contribution in [0.25, 0.3) is 16.7 Å². The molecule has 0 aliphatic carbocycles. The van der Waals surface area contributed by atoms with Crippen molar-refractivity contribution in [1.82, 2.24) is 24.6 Å². The van der Waals surface area contributed by atoms with E-state index in [-0.39, 0.29) is 5.91 Å². The van der Waals surface area contributed by atoms with Crippen molar-refractivity contribution in [2.45, 2.75) is 27.2 Å². The van der Waals surface area contributed by atoms with Crippen LogP contribution in [-0.4, -0.2) is 56.7 Å². The van der Waals surface area contributed by atoms with Crippen LogP contribution in [0.5, 0.6) is 0 Å². The van der Waals surface area contributed by atoms with Crippen LogP contribution in [0.2, 0.25) is 0 Å². The number of benzene rings is 2. The molecule has 0 saturated carbocycles. The lowest BCUT2D eigenvalue weighted by Gasteiger charge is -2.36. The summed E-state index contributed by atoms with van der Waals surface area (Å²) in [6.07, 6.45) is 0.764. The van der Waals surface area contributed by atoms with Gasteiger partial charge in [-0.1, -0.05) is 38.1 Å². The molecule has 1 saturated heterocycles. The van der Waals surface area contributed by atoms with Gasteiger partial charge in [0.2, 0.25) is 0 Å². The maximum atomic E-state index is 13.6. The average molecular weight is 473 g/mol. The highest BCUT2D eigenvalue weighted by Gasteiger charge is 2.27. The quantitative estimate of drug-likeness (QED) is 0.430. The first-order chi connectivity index (χ1) is 16.9. The Hall–Kier alpha value is -3.81. The van der Waals surface area contributed by atoms with E-state index in [1.165, 1.54) is 12.1 Å². The molecule has 3 heterocycles. The Balaban J connectivity index is 1.48. The number of anilines is 1. The summed E-state index contributed by atoms with van der Waals surface area (Å²) in [5, 5.41) is 5.75. The first-order valence-corrected chi connectivity index (χ1v) is 12.0. The van der Waals surface area contributed by atoms with Crippen molar-refractivity contribution in [2.75, 3.05) is 31.1 Å². The van der Waals surface area contributed by atoms with E-state index in [2.05, 4.69) is 18.7 Å². The Bertz CT molecular complexity index is 1360. The fourth-order valence-corrected chi connectivity index (χ4v) is 4.57. The number of hydrogen-bond donors (Lipinski definition) is 0. The first kappa shape index (κ1) is 23.0. The molecule has 0 spiro atoms. The molecule has 35 heavy (non-hydrogen) atoms. The van der Waals surface area contributed by atoms with Gasteiger partial charge >= 0.3 is 0 Å². The van der Waals surface area contributed by atoms with E-state index in [1.54, 1.807) is 17.0 Å². The fraction of sp³-hybridized carbons (Fsp3) is 0.333. The molecule has 0 unspecified atom stereocenters. The SMILES string of the molecule is Cc1nn(-c2ccccc2)c2nc(CC(C)C)nc(N3CCN(C(=O)c4cccc(F)c4)CC3)c12. The normalized spacial score (nSPS) is 14.2. The van der Waals surface area contributed by atoms with Gasteiger partial charge in [-0.15, -0.1) is 0 Å². The molecule has 180 valence electrons. The Kier molecular flexibility index (Phi) is 6.19. The van der Waals surface area contributed by atoms with Crippen LogP contribution in [-0.2, 0) is 6.42 Å². The van der Waals surface area contributed by atoms with Crippen molar-refractivity contribution < 1.29 is 9.18 Å². The van der Waals surface area contributed by atoms with E-state index in [0.29, 0.717) is 37.7 Å².